The maximum absolute atomic E-state index is 14.6. The summed E-state index contributed by atoms with van der Waals surface area (Å²) in [6.07, 6.45) is -4.62. The molecule has 0 amide bonds. The van der Waals surface area contributed by atoms with Crippen molar-refractivity contribution in [3.63, 3.8) is 0 Å². The van der Waals surface area contributed by atoms with E-state index in [1.54, 1.807) is 33.9 Å². The Morgan fingerprint density at radius 3 is 2.37 bits per heavy atom. The number of aliphatic hydroxyl groups excluding tert-OH is 2. The number of aliphatic hydroxyl groups is 3. The summed E-state index contributed by atoms with van der Waals surface area (Å²) in [6, 6.07) is 6.97. The zero-order valence-corrected chi connectivity index (χ0v) is 43.3. The van der Waals surface area contributed by atoms with Crippen LogP contribution in [-0.2, 0) is 38.0 Å². The lowest BCUT2D eigenvalue weighted by atomic mass is 9.77. The number of rotatable bonds is 13. The second-order valence-corrected chi connectivity index (χ2v) is 21.3. The Balaban J connectivity index is 1.51. The molecule has 0 saturated carbocycles. The highest BCUT2D eigenvalue weighted by Gasteiger charge is 2.54. The Morgan fingerprint density at radius 1 is 1.01 bits per heavy atom. The van der Waals surface area contributed by atoms with E-state index in [9.17, 15) is 25.2 Å². The standard InChI is InChI=1S/C50H83ClN4O12/c1-15-39-50(10,60)43(56)32(6)55(13)27-28(2)25-48(8,59)45(30(4)41(31(5)46(58)65-39)66-40-26-49(9,61-14)44(57)33(7)64-40)67-47-42(38(54(11)12)23-29(3)63-47)62-22-16-20-52-36-19-21-53-37-24-34(51)17-18-35(36)37/h17-19,21,24,28-33,38-45,47,56-57,59-60H,15-16,20,22-23,25-27H2,1-14H3,(H,52,53)/p+1/t28-,29-,30+,31-,32-,33+,38+,39-,40+,41+,42-,43?,44+,45-,47+,48-,49-,50?/m1/s1. The minimum absolute atomic E-state index is 0.0895. The largest absolute Gasteiger partial charge is 0.459 e. The number of hydrogen-bond donors (Lipinski definition) is 4. The number of nitrogens with zero attached hydrogens (tertiary/aromatic N) is 3. The van der Waals surface area contributed by atoms with Crippen LogP contribution in [0, 0.1) is 17.8 Å². The van der Waals surface area contributed by atoms with Gasteiger partial charge in [0.1, 0.15) is 36.1 Å². The van der Waals surface area contributed by atoms with Crippen molar-refractivity contribution in [2.24, 2.45) is 17.8 Å². The Morgan fingerprint density at radius 2 is 1.72 bits per heavy atom. The Labute approximate surface area is 404 Å². The number of nitrogens with one attached hydrogen (secondary N) is 1. The third kappa shape index (κ3) is 13.2. The lowest BCUT2D eigenvalue weighted by Gasteiger charge is -2.48. The van der Waals surface area contributed by atoms with E-state index in [4.69, 9.17) is 44.8 Å². The molecule has 3 fully saturated rings. The maximum atomic E-state index is 14.6. The van der Waals surface area contributed by atoms with Gasteiger partial charge in [-0.3, -0.25) is 9.78 Å². The van der Waals surface area contributed by atoms with Crippen molar-refractivity contribution >= 4 is 34.2 Å². The average Bonchev–Trinajstić information content (AvgIpc) is 3.26. The summed E-state index contributed by atoms with van der Waals surface area (Å²) >= 11 is 6.24. The number of carbonyl (C=O) groups excluding carboxylic acids is 1. The Bertz CT molecular complexity index is 1900. The van der Waals surface area contributed by atoms with Crippen molar-refractivity contribution in [1.82, 2.24) is 14.8 Å². The number of carbonyl (C=O) groups is 1. The highest BCUT2D eigenvalue weighted by molar-refractivity contribution is 6.31. The number of anilines is 1. The summed E-state index contributed by atoms with van der Waals surface area (Å²) in [5.41, 5.74) is -2.39. The van der Waals surface area contributed by atoms with E-state index in [2.05, 4.69) is 22.1 Å². The first-order valence-electron chi connectivity index (χ1n) is 24.3. The molecule has 3 aliphatic rings. The summed E-state index contributed by atoms with van der Waals surface area (Å²) in [5.74, 6) is -2.42. The van der Waals surface area contributed by atoms with Gasteiger partial charge in [0.25, 0.3) is 0 Å². The predicted octanol–water partition coefficient (Wildman–Crippen LogP) is 5.36. The van der Waals surface area contributed by atoms with Crippen LogP contribution in [0.1, 0.15) is 101 Å². The quantitative estimate of drug-likeness (QED) is 0.114. The van der Waals surface area contributed by atoms with Crippen LogP contribution in [0.25, 0.3) is 10.9 Å². The molecule has 382 valence electrons. The molecule has 67 heavy (non-hydrogen) atoms. The molecule has 4 heterocycles. The zero-order valence-electron chi connectivity index (χ0n) is 42.5. The number of cyclic esters (lactones) is 1. The van der Waals surface area contributed by atoms with Crippen LogP contribution in [0.5, 0.6) is 0 Å². The van der Waals surface area contributed by atoms with Crippen molar-refractivity contribution in [3.05, 3.63) is 35.5 Å². The lowest BCUT2D eigenvalue weighted by Crippen LogP contribution is -2.61. The van der Waals surface area contributed by atoms with Crippen molar-refractivity contribution in [2.45, 2.75) is 192 Å². The fourth-order valence-electron chi connectivity index (χ4n) is 10.7. The van der Waals surface area contributed by atoms with Gasteiger partial charge >= 0.3 is 5.97 Å². The van der Waals surface area contributed by atoms with E-state index in [0.717, 1.165) is 16.6 Å². The fraction of sp³-hybridized carbons (Fsp3) is 0.800. The van der Waals surface area contributed by atoms with Crippen molar-refractivity contribution in [3.8, 4) is 0 Å². The Hall–Kier alpha value is -2.29. The number of pyridine rings is 1. The van der Waals surface area contributed by atoms with E-state index in [1.807, 2.05) is 78.0 Å². The van der Waals surface area contributed by atoms with Gasteiger partial charge < -0.3 is 68.7 Å². The van der Waals surface area contributed by atoms with Crippen LogP contribution in [0.3, 0.4) is 0 Å². The molecule has 0 spiro atoms. The number of hydrogen-bond acceptors (Lipinski definition) is 15. The van der Waals surface area contributed by atoms with E-state index in [1.165, 1.54) is 14.0 Å². The number of benzene rings is 1. The fourth-order valence-corrected chi connectivity index (χ4v) is 10.9. The zero-order chi connectivity index (χ0) is 49.8. The number of halogens is 1. The van der Waals surface area contributed by atoms with Crippen LogP contribution in [-0.4, -0.2) is 179 Å². The SMILES string of the molecule is CC[C@H]1OC(=O)[C@H](C)[C@@H](O[C@H]2C[C@@](C)(OC)[C@@H](O)[C@H](C)O2)[C@H](C)[C@@H](O[C@@H]2O[C@H](C)C[C@H](N(C)C)[C@H]2OCCCNc2ccnc3cc(Cl)ccc23)[C@](C)([OH2+])C[C@@H](C)CN(C)[C@H](C)C(O)C1(C)O. The highest BCUT2D eigenvalue weighted by Crippen LogP contribution is 2.41. The molecule has 3 saturated heterocycles. The van der Waals surface area contributed by atoms with Crippen molar-refractivity contribution < 1.29 is 58.4 Å². The van der Waals surface area contributed by atoms with Crippen LogP contribution in [0.4, 0.5) is 5.69 Å². The Kier molecular flexibility index (Phi) is 19.3. The predicted molar refractivity (Wildman–Crippen MR) is 259 cm³/mol. The van der Waals surface area contributed by atoms with Gasteiger partial charge in [-0.25, -0.2) is 0 Å². The number of aromatic nitrogens is 1. The third-order valence-corrected chi connectivity index (χ3v) is 15.1. The van der Waals surface area contributed by atoms with Crippen molar-refractivity contribution in [2.75, 3.05) is 53.3 Å². The van der Waals surface area contributed by atoms with Crippen LogP contribution < -0.4 is 5.32 Å². The first kappa shape index (κ1) is 55.6. The lowest BCUT2D eigenvalue weighted by molar-refractivity contribution is -0.321. The van der Waals surface area contributed by atoms with E-state index in [-0.39, 0.29) is 30.9 Å². The van der Waals surface area contributed by atoms with Crippen LogP contribution in [0.15, 0.2) is 30.5 Å². The number of likely N-dealkylation sites (N-methyl/N-ethyl adjacent to an activating group) is 2. The van der Waals surface area contributed by atoms with Gasteiger partial charge in [-0.15, -0.1) is 0 Å². The summed E-state index contributed by atoms with van der Waals surface area (Å²) in [7, 11) is 7.45. The molecule has 17 heteroatoms. The molecule has 3 aliphatic heterocycles. The molecular formula is C50H84ClN4O12+. The van der Waals surface area contributed by atoms with Gasteiger partial charge in [0, 0.05) is 86.9 Å². The normalized spacial score (nSPS) is 41.1. The van der Waals surface area contributed by atoms with E-state index < -0.39 is 96.0 Å². The number of methoxy groups -OCH3 is 1. The molecule has 18 atom stereocenters. The van der Waals surface area contributed by atoms with Crippen LogP contribution >= 0.6 is 11.6 Å². The summed E-state index contributed by atoms with van der Waals surface area (Å²) in [4.78, 5) is 23.1. The molecule has 0 bridgehead atoms. The van der Waals surface area contributed by atoms with Gasteiger partial charge in [-0.1, -0.05) is 32.4 Å². The molecule has 5 rings (SSSR count). The molecule has 6 N–H and O–H groups in total. The first-order valence-corrected chi connectivity index (χ1v) is 24.7. The number of esters is 1. The minimum atomic E-state index is -1.80. The van der Waals surface area contributed by atoms with Gasteiger partial charge in [-0.2, -0.15) is 0 Å². The average molecular weight is 969 g/mol. The summed E-state index contributed by atoms with van der Waals surface area (Å²) in [5, 5.41) is 50.1. The van der Waals surface area contributed by atoms with Gasteiger partial charge in [0.2, 0.25) is 0 Å². The number of ether oxygens (including phenoxy) is 7. The number of fused-ring (bicyclic) bond motifs is 1. The second-order valence-electron chi connectivity index (χ2n) is 20.9. The molecule has 0 aliphatic carbocycles. The van der Waals surface area contributed by atoms with Gasteiger partial charge in [0.05, 0.1) is 35.3 Å². The molecule has 1 aromatic carbocycles. The summed E-state index contributed by atoms with van der Waals surface area (Å²) < 4.78 is 45.9. The molecule has 1 aromatic heterocycles. The monoisotopic (exact) mass is 968 g/mol. The summed E-state index contributed by atoms with van der Waals surface area (Å²) in [6.45, 7) is 19.8. The molecule has 0 radical (unpaired) electrons. The highest BCUT2D eigenvalue weighted by atomic mass is 35.5. The molecule has 2 aromatic rings. The van der Waals surface area contributed by atoms with Crippen molar-refractivity contribution in [1.29, 1.82) is 0 Å². The molecule has 2 unspecified atom stereocenters. The van der Waals surface area contributed by atoms with Gasteiger partial charge in [0.15, 0.2) is 18.2 Å². The van der Waals surface area contributed by atoms with Gasteiger partial charge in [-0.05, 0) is 112 Å². The van der Waals surface area contributed by atoms with Crippen LogP contribution in [0.2, 0.25) is 5.02 Å². The maximum Gasteiger partial charge on any atom is 0.311 e. The smallest absolute Gasteiger partial charge is 0.311 e. The third-order valence-electron chi connectivity index (χ3n) is 14.9. The van der Waals surface area contributed by atoms with E-state index >= 15 is 0 Å². The first-order chi connectivity index (χ1) is 31.3. The minimum Gasteiger partial charge on any atom is -0.459 e. The topological polar surface area (TPSA) is 197 Å². The molecular weight excluding hydrogens is 884 g/mol. The second kappa shape index (κ2) is 23.3. The molecule has 16 nitrogen and oxygen atoms in total. The van der Waals surface area contributed by atoms with E-state index in [0.29, 0.717) is 44.0 Å².